The van der Waals surface area contributed by atoms with Gasteiger partial charge in [-0.25, -0.2) is 0 Å². The van der Waals surface area contributed by atoms with Crippen molar-refractivity contribution in [3.05, 3.63) is 63.6 Å². The molecule has 0 aromatic heterocycles. The van der Waals surface area contributed by atoms with Crippen LogP contribution in [0.1, 0.15) is 50.7 Å². The number of aliphatic imine (C=N–C) groups is 1. The maximum absolute atomic E-state index is 6.16. The fourth-order valence-electron chi connectivity index (χ4n) is 3.24. The Morgan fingerprint density at radius 2 is 1.66 bits per heavy atom. The standard InChI is InChI=1S/C24H33Cl2N3/c1-3-14-29(15-4-2)16-6-5-13-28-23-11-7-20(8-12-23)18-27-19-21-9-10-22(25)17-24(21)26/h7-12,17,19,28H,3-6,13-16,18H2,1-2H3. The number of nitrogens with one attached hydrogen (secondary N) is 1. The highest BCUT2D eigenvalue weighted by Crippen LogP contribution is 2.19. The van der Waals surface area contributed by atoms with E-state index in [2.05, 4.69) is 53.3 Å². The van der Waals surface area contributed by atoms with Crippen molar-refractivity contribution in [2.75, 3.05) is 31.5 Å². The van der Waals surface area contributed by atoms with Gasteiger partial charge in [-0.1, -0.05) is 55.2 Å². The average Bonchev–Trinajstić information content (AvgIpc) is 2.71. The van der Waals surface area contributed by atoms with Crippen molar-refractivity contribution in [3.63, 3.8) is 0 Å². The Labute approximate surface area is 186 Å². The molecule has 5 heteroatoms. The zero-order valence-electron chi connectivity index (χ0n) is 17.6. The Hall–Kier alpha value is -1.55. The lowest BCUT2D eigenvalue weighted by Gasteiger charge is -2.20. The highest BCUT2D eigenvalue weighted by Gasteiger charge is 2.02. The van der Waals surface area contributed by atoms with Gasteiger partial charge in [-0.05, 0) is 75.1 Å². The summed E-state index contributed by atoms with van der Waals surface area (Å²) >= 11 is 12.1. The molecule has 0 aliphatic heterocycles. The molecule has 0 radical (unpaired) electrons. The predicted molar refractivity (Wildman–Crippen MR) is 129 cm³/mol. The van der Waals surface area contributed by atoms with E-state index < -0.39 is 0 Å². The van der Waals surface area contributed by atoms with E-state index in [1.807, 2.05) is 12.1 Å². The van der Waals surface area contributed by atoms with Gasteiger partial charge in [0.05, 0.1) is 11.6 Å². The van der Waals surface area contributed by atoms with E-state index in [4.69, 9.17) is 23.2 Å². The number of halogens is 2. The first kappa shape index (κ1) is 23.7. The highest BCUT2D eigenvalue weighted by molar-refractivity contribution is 6.36. The molecule has 2 aromatic rings. The molecule has 0 bridgehead atoms. The number of rotatable bonds is 13. The van der Waals surface area contributed by atoms with E-state index in [9.17, 15) is 0 Å². The molecule has 2 aromatic carbocycles. The van der Waals surface area contributed by atoms with Gasteiger partial charge in [-0.3, -0.25) is 4.99 Å². The van der Waals surface area contributed by atoms with Crippen LogP contribution >= 0.6 is 23.2 Å². The van der Waals surface area contributed by atoms with Crippen molar-refractivity contribution >= 4 is 35.1 Å². The second-order valence-corrected chi connectivity index (χ2v) is 8.15. The number of hydrogen-bond acceptors (Lipinski definition) is 3. The predicted octanol–water partition coefficient (Wildman–Crippen LogP) is 6.93. The summed E-state index contributed by atoms with van der Waals surface area (Å²) in [5.41, 5.74) is 3.22. The van der Waals surface area contributed by atoms with Crippen molar-refractivity contribution in [2.24, 2.45) is 4.99 Å². The van der Waals surface area contributed by atoms with Crippen molar-refractivity contribution in [2.45, 2.75) is 46.1 Å². The van der Waals surface area contributed by atoms with Gasteiger partial charge in [-0.15, -0.1) is 0 Å². The van der Waals surface area contributed by atoms with Gasteiger partial charge >= 0.3 is 0 Å². The Bertz CT molecular complexity index is 738. The number of nitrogens with zero attached hydrogens (tertiary/aromatic N) is 2. The molecule has 0 aliphatic rings. The molecule has 2 rings (SSSR count). The molecule has 0 heterocycles. The maximum atomic E-state index is 6.16. The molecule has 0 fully saturated rings. The second-order valence-electron chi connectivity index (χ2n) is 7.31. The number of benzene rings is 2. The van der Waals surface area contributed by atoms with Gasteiger partial charge < -0.3 is 10.2 Å². The third-order valence-corrected chi connectivity index (χ3v) is 5.29. The molecular formula is C24H33Cl2N3. The minimum absolute atomic E-state index is 0.619. The van der Waals surface area contributed by atoms with Crippen LogP contribution in [-0.4, -0.2) is 37.3 Å². The normalized spacial score (nSPS) is 11.5. The van der Waals surface area contributed by atoms with Crippen LogP contribution in [0.3, 0.4) is 0 Å². The first-order valence-electron chi connectivity index (χ1n) is 10.6. The maximum Gasteiger partial charge on any atom is 0.0640 e. The third-order valence-electron chi connectivity index (χ3n) is 4.73. The molecule has 0 aliphatic carbocycles. The lowest BCUT2D eigenvalue weighted by Crippen LogP contribution is -2.26. The van der Waals surface area contributed by atoms with Gasteiger partial charge in [0.2, 0.25) is 0 Å². The highest BCUT2D eigenvalue weighted by atomic mass is 35.5. The largest absolute Gasteiger partial charge is 0.385 e. The third kappa shape index (κ3) is 9.20. The fraction of sp³-hybridized carbons (Fsp3) is 0.458. The minimum atomic E-state index is 0.619. The molecule has 3 nitrogen and oxygen atoms in total. The van der Waals surface area contributed by atoms with E-state index in [1.54, 1.807) is 12.3 Å². The quantitative estimate of drug-likeness (QED) is 0.274. The van der Waals surface area contributed by atoms with E-state index in [0.717, 1.165) is 17.8 Å². The summed E-state index contributed by atoms with van der Waals surface area (Å²) in [6, 6.07) is 13.9. The van der Waals surface area contributed by atoms with Crippen LogP contribution in [-0.2, 0) is 6.54 Å². The minimum Gasteiger partial charge on any atom is -0.385 e. The van der Waals surface area contributed by atoms with Crippen LogP contribution in [0.25, 0.3) is 0 Å². The smallest absolute Gasteiger partial charge is 0.0640 e. The van der Waals surface area contributed by atoms with Crippen LogP contribution in [0.15, 0.2) is 47.5 Å². The van der Waals surface area contributed by atoms with Gasteiger partial charge in [-0.2, -0.15) is 0 Å². The SMILES string of the molecule is CCCN(CCC)CCCCNc1ccc(CN=Cc2ccc(Cl)cc2Cl)cc1. The molecule has 0 spiro atoms. The lowest BCUT2D eigenvalue weighted by molar-refractivity contribution is 0.270. The van der Waals surface area contributed by atoms with Crippen molar-refractivity contribution < 1.29 is 0 Å². The van der Waals surface area contributed by atoms with Gasteiger partial charge in [0.25, 0.3) is 0 Å². The molecule has 0 saturated heterocycles. The first-order valence-corrected chi connectivity index (χ1v) is 11.4. The van der Waals surface area contributed by atoms with Crippen LogP contribution in [0.5, 0.6) is 0 Å². The summed E-state index contributed by atoms with van der Waals surface area (Å²) < 4.78 is 0. The van der Waals surface area contributed by atoms with E-state index in [1.165, 1.54) is 50.9 Å². The summed E-state index contributed by atoms with van der Waals surface area (Å²) in [5, 5.41) is 4.77. The molecule has 0 amide bonds. The van der Waals surface area contributed by atoms with Crippen LogP contribution < -0.4 is 5.32 Å². The summed E-state index contributed by atoms with van der Waals surface area (Å²) in [7, 11) is 0. The number of hydrogen-bond donors (Lipinski definition) is 1. The molecule has 1 N–H and O–H groups in total. The summed E-state index contributed by atoms with van der Waals surface area (Å²) in [6.45, 7) is 9.80. The van der Waals surface area contributed by atoms with E-state index in [-0.39, 0.29) is 0 Å². The number of anilines is 1. The summed E-state index contributed by atoms with van der Waals surface area (Å²) in [4.78, 5) is 7.06. The first-order chi connectivity index (χ1) is 14.1. The second kappa shape index (κ2) is 13.6. The van der Waals surface area contributed by atoms with Gasteiger partial charge in [0.15, 0.2) is 0 Å². The zero-order valence-corrected chi connectivity index (χ0v) is 19.1. The Morgan fingerprint density at radius 1 is 0.931 bits per heavy atom. The van der Waals surface area contributed by atoms with Crippen molar-refractivity contribution in [1.29, 1.82) is 0 Å². The van der Waals surface area contributed by atoms with Crippen LogP contribution in [0, 0.1) is 0 Å². The zero-order chi connectivity index (χ0) is 20.9. The van der Waals surface area contributed by atoms with Gasteiger partial charge in [0, 0.05) is 29.0 Å². The molecular weight excluding hydrogens is 401 g/mol. The Balaban J connectivity index is 1.69. The molecule has 0 atom stereocenters. The topological polar surface area (TPSA) is 27.6 Å². The van der Waals surface area contributed by atoms with Gasteiger partial charge in [0.1, 0.15) is 0 Å². The summed E-state index contributed by atoms with van der Waals surface area (Å²) in [6.07, 6.45) is 6.71. The monoisotopic (exact) mass is 433 g/mol. The lowest BCUT2D eigenvalue weighted by atomic mass is 10.2. The molecule has 0 unspecified atom stereocenters. The van der Waals surface area contributed by atoms with E-state index in [0.29, 0.717) is 16.6 Å². The molecule has 29 heavy (non-hydrogen) atoms. The van der Waals surface area contributed by atoms with Crippen LogP contribution in [0.4, 0.5) is 5.69 Å². The Morgan fingerprint density at radius 3 is 2.31 bits per heavy atom. The van der Waals surface area contributed by atoms with E-state index >= 15 is 0 Å². The Kier molecular flexibility index (Phi) is 11.2. The molecule has 0 saturated carbocycles. The summed E-state index contributed by atoms with van der Waals surface area (Å²) in [5.74, 6) is 0. The van der Waals surface area contributed by atoms with Crippen molar-refractivity contribution in [3.8, 4) is 0 Å². The van der Waals surface area contributed by atoms with Crippen molar-refractivity contribution in [1.82, 2.24) is 4.90 Å². The molecule has 158 valence electrons. The number of unbranched alkanes of at least 4 members (excludes halogenated alkanes) is 1. The average molecular weight is 434 g/mol. The fourth-order valence-corrected chi connectivity index (χ4v) is 3.70. The van der Waals surface area contributed by atoms with Crippen LogP contribution in [0.2, 0.25) is 10.0 Å².